The first-order chi connectivity index (χ1) is 13.6. The van der Waals surface area contributed by atoms with E-state index in [0.29, 0.717) is 38.0 Å². The van der Waals surface area contributed by atoms with Gasteiger partial charge in [0.25, 0.3) is 0 Å². The molecule has 0 unspecified atom stereocenters. The molecule has 5 heteroatoms. The number of nitrogens with one attached hydrogen (secondary N) is 1. The van der Waals surface area contributed by atoms with Gasteiger partial charge in [0.2, 0.25) is 5.91 Å². The lowest BCUT2D eigenvalue weighted by atomic mass is 9.64. The lowest BCUT2D eigenvalue weighted by molar-refractivity contribution is -0.130. The molecule has 3 rings (SSSR count). The zero-order chi connectivity index (χ0) is 19.8. The number of hydrogen-bond acceptors (Lipinski definition) is 3. The molecule has 2 aromatic carbocycles. The minimum Gasteiger partial charge on any atom is -0.379 e. The van der Waals surface area contributed by atoms with Crippen molar-refractivity contribution in [2.24, 2.45) is 0 Å². The largest absolute Gasteiger partial charge is 0.379 e. The Morgan fingerprint density at radius 3 is 2.46 bits per heavy atom. The fraction of sp³-hybridized carbons (Fsp3) is 0.435. The number of ether oxygens (including phenoxy) is 2. The summed E-state index contributed by atoms with van der Waals surface area (Å²) in [5.74, 6) is 0.0967. The topological polar surface area (TPSA) is 47.6 Å². The molecule has 1 aliphatic carbocycles. The maximum absolute atomic E-state index is 13.0. The molecule has 0 atom stereocenters. The molecular weight excluding hydrogens is 374 g/mol. The maximum Gasteiger partial charge on any atom is 0.230 e. The van der Waals surface area contributed by atoms with Crippen LogP contribution in [0.2, 0.25) is 5.02 Å². The fourth-order valence-electron chi connectivity index (χ4n) is 3.58. The molecule has 0 heterocycles. The molecule has 1 aliphatic rings. The molecule has 150 valence electrons. The molecule has 0 bridgehead atoms. The van der Waals surface area contributed by atoms with Gasteiger partial charge in [0.05, 0.1) is 25.2 Å². The third kappa shape index (κ3) is 5.13. The van der Waals surface area contributed by atoms with Gasteiger partial charge < -0.3 is 14.8 Å². The van der Waals surface area contributed by atoms with Crippen LogP contribution >= 0.6 is 11.6 Å². The number of rotatable bonds is 10. The van der Waals surface area contributed by atoms with Crippen molar-refractivity contribution in [3.63, 3.8) is 0 Å². The lowest BCUT2D eigenvalue weighted by Gasteiger charge is -2.40. The van der Waals surface area contributed by atoms with Crippen LogP contribution < -0.4 is 5.32 Å². The van der Waals surface area contributed by atoms with Crippen LogP contribution in [0, 0.1) is 0 Å². The predicted octanol–water partition coefficient (Wildman–Crippen LogP) is 4.63. The standard InChI is InChI=1S/C23H28ClNO3/c1-2-27-13-14-28-17-19-6-3-5-18(15-19)16-25-22(26)23(11-4-12-23)20-7-9-21(24)10-8-20/h3,5-10,15H,2,4,11-14,16-17H2,1H3,(H,25,26). The first kappa shape index (κ1) is 20.8. The van der Waals surface area contributed by atoms with E-state index in [1.807, 2.05) is 49.4 Å². The van der Waals surface area contributed by atoms with E-state index in [4.69, 9.17) is 21.1 Å². The summed E-state index contributed by atoms with van der Waals surface area (Å²) in [4.78, 5) is 13.0. The Morgan fingerprint density at radius 2 is 1.79 bits per heavy atom. The normalized spacial score (nSPS) is 15.1. The van der Waals surface area contributed by atoms with Gasteiger partial charge in [-0.2, -0.15) is 0 Å². The van der Waals surface area contributed by atoms with Gasteiger partial charge in [-0.25, -0.2) is 0 Å². The molecule has 0 aromatic heterocycles. The van der Waals surface area contributed by atoms with Gasteiger partial charge >= 0.3 is 0 Å². The van der Waals surface area contributed by atoms with Gasteiger partial charge in [0.15, 0.2) is 0 Å². The van der Waals surface area contributed by atoms with Gasteiger partial charge in [-0.3, -0.25) is 4.79 Å². The molecule has 1 N–H and O–H groups in total. The average Bonchev–Trinajstić information content (AvgIpc) is 2.67. The summed E-state index contributed by atoms with van der Waals surface area (Å²) in [6.07, 6.45) is 2.84. The second-order valence-corrected chi connectivity index (χ2v) is 7.63. The van der Waals surface area contributed by atoms with E-state index in [1.165, 1.54) is 0 Å². The van der Waals surface area contributed by atoms with Crippen molar-refractivity contribution < 1.29 is 14.3 Å². The van der Waals surface area contributed by atoms with Crippen molar-refractivity contribution in [2.75, 3.05) is 19.8 Å². The number of halogens is 1. The van der Waals surface area contributed by atoms with Crippen molar-refractivity contribution in [3.05, 3.63) is 70.2 Å². The van der Waals surface area contributed by atoms with Crippen LogP contribution in [-0.4, -0.2) is 25.7 Å². The quantitative estimate of drug-likeness (QED) is 0.590. The maximum atomic E-state index is 13.0. The van der Waals surface area contributed by atoms with Gasteiger partial charge in [0, 0.05) is 18.2 Å². The highest BCUT2D eigenvalue weighted by Gasteiger charge is 2.45. The molecule has 28 heavy (non-hydrogen) atoms. The molecule has 0 saturated heterocycles. The first-order valence-corrected chi connectivity index (χ1v) is 10.3. The summed E-state index contributed by atoms with van der Waals surface area (Å²) >= 11 is 6.00. The second-order valence-electron chi connectivity index (χ2n) is 7.19. The summed E-state index contributed by atoms with van der Waals surface area (Å²) in [6, 6.07) is 15.8. The van der Waals surface area contributed by atoms with Crippen LogP contribution in [0.4, 0.5) is 0 Å². The third-order valence-corrected chi connectivity index (χ3v) is 5.58. The van der Waals surface area contributed by atoms with Gasteiger partial charge in [0.1, 0.15) is 0 Å². The van der Waals surface area contributed by atoms with Crippen LogP contribution in [0.25, 0.3) is 0 Å². The Hall–Kier alpha value is -1.88. The van der Waals surface area contributed by atoms with E-state index >= 15 is 0 Å². The lowest BCUT2D eigenvalue weighted by Crippen LogP contribution is -2.48. The number of carbonyl (C=O) groups excluding carboxylic acids is 1. The molecule has 0 spiro atoms. The minimum absolute atomic E-state index is 0.0967. The summed E-state index contributed by atoms with van der Waals surface area (Å²) in [7, 11) is 0. The monoisotopic (exact) mass is 401 g/mol. The Kier molecular flexibility index (Phi) is 7.49. The average molecular weight is 402 g/mol. The summed E-state index contributed by atoms with van der Waals surface area (Å²) in [5, 5.41) is 3.83. The number of benzene rings is 2. The molecule has 1 fully saturated rings. The van der Waals surface area contributed by atoms with E-state index in [1.54, 1.807) is 0 Å². The molecule has 0 radical (unpaired) electrons. The molecule has 1 amide bonds. The molecule has 4 nitrogen and oxygen atoms in total. The second kappa shape index (κ2) is 10.1. The van der Waals surface area contributed by atoms with Gasteiger partial charge in [-0.05, 0) is 48.6 Å². The van der Waals surface area contributed by atoms with Crippen LogP contribution in [0.3, 0.4) is 0 Å². The van der Waals surface area contributed by atoms with Crippen molar-refractivity contribution in [1.29, 1.82) is 0 Å². The van der Waals surface area contributed by atoms with Crippen molar-refractivity contribution >= 4 is 17.5 Å². The molecule has 1 saturated carbocycles. The number of amides is 1. The Bertz CT molecular complexity index is 772. The molecular formula is C23H28ClNO3. The predicted molar refractivity (Wildman–Crippen MR) is 111 cm³/mol. The van der Waals surface area contributed by atoms with E-state index in [9.17, 15) is 4.79 Å². The van der Waals surface area contributed by atoms with Gasteiger partial charge in [-0.1, -0.05) is 54.4 Å². The van der Waals surface area contributed by atoms with Gasteiger partial charge in [-0.15, -0.1) is 0 Å². The Morgan fingerprint density at radius 1 is 1.07 bits per heavy atom. The zero-order valence-electron chi connectivity index (χ0n) is 16.4. The fourth-order valence-corrected chi connectivity index (χ4v) is 3.71. The van der Waals surface area contributed by atoms with Crippen molar-refractivity contribution in [2.45, 2.75) is 44.8 Å². The highest BCUT2D eigenvalue weighted by atomic mass is 35.5. The SMILES string of the molecule is CCOCCOCc1cccc(CNC(=O)C2(c3ccc(Cl)cc3)CCC2)c1. The van der Waals surface area contributed by atoms with E-state index in [-0.39, 0.29) is 5.91 Å². The molecule has 0 aliphatic heterocycles. The summed E-state index contributed by atoms with van der Waals surface area (Å²) < 4.78 is 10.9. The van der Waals surface area contributed by atoms with Crippen LogP contribution in [0.15, 0.2) is 48.5 Å². The smallest absolute Gasteiger partial charge is 0.230 e. The Labute approximate surface area is 172 Å². The van der Waals surface area contributed by atoms with Crippen LogP contribution in [-0.2, 0) is 32.8 Å². The van der Waals surface area contributed by atoms with E-state index in [2.05, 4.69) is 11.4 Å². The molecule has 2 aromatic rings. The minimum atomic E-state index is -0.412. The van der Waals surface area contributed by atoms with Crippen molar-refractivity contribution in [1.82, 2.24) is 5.32 Å². The van der Waals surface area contributed by atoms with Crippen molar-refractivity contribution in [3.8, 4) is 0 Å². The Balaban J connectivity index is 1.55. The summed E-state index contributed by atoms with van der Waals surface area (Å²) in [6.45, 7) is 4.93. The van der Waals surface area contributed by atoms with Crippen LogP contribution in [0.1, 0.15) is 42.9 Å². The zero-order valence-corrected chi connectivity index (χ0v) is 17.1. The summed E-state index contributed by atoms with van der Waals surface area (Å²) in [5.41, 5.74) is 2.81. The highest BCUT2D eigenvalue weighted by Crippen LogP contribution is 2.44. The van der Waals surface area contributed by atoms with E-state index in [0.717, 1.165) is 36.0 Å². The van der Waals surface area contributed by atoms with E-state index < -0.39 is 5.41 Å². The van der Waals surface area contributed by atoms with Crippen LogP contribution in [0.5, 0.6) is 0 Å². The number of carbonyl (C=O) groups is 1. The number of hydrogen-bond donors (Lipinski definition) is 1. The first-order valence-electron chi connectivity index (χ1n) is 9.92. The third-order valence-electron chi connectivity index (χ3n) is 5.33. The highest BCUT2D eigenvalue weighted by molar-refractivity contribution is 6.30.